The summed E-state index contributed by atoms with van der Waals surface area (Å²) in [5.41, 5.74) is 0. The van der Waals surface area contributed by atoms with Gasteiger partial charge in [-0.25, -0.2) is 13.4 Å². The number of imidazole rings is 1. The van der Waals surface area contributed by atoms with Gasteiger partial charge >= 0.3 is 0 Å². The molecule has 0 radical (unpaired) electrons. The van der Waals surface area contributed by atoms with Crippen LogP contribution in [-0.4, -0.2) is 52.9 Å². The van der Waals surface area contributed by atoms with Crippen molar-refractivity contribution in [2.75, 3.05) is 18.8 Å². The maximum Gasteiger partial charge on any atom is 0.237 e. The van der Waals surface area contributed by atoms with Crippen molar-refractivity contribution in [1.29, 1.82) is 0 Å². The van der Waals surface area contributed by atoms with Gasteiger partial charge in [0.15, 0.2) is 9.84 Å². The third kappa shape index (κ3) is 3.39. The number of sulfone groups is 1. The predicted octanol–water partition coefficient (Wildman–Crippen LogP) is 0.870. The zero-order valence-electron chi connectivity index (χ0n) is 11.9. The van der Waals surface area contributed by atoms with E-state index in [0.717, 1.165) is 12.8 Å². The van der Waals surface area contributed by atoms with Gasteiger partial charge in [0.1, 0.15) is 5.75 Å². The van der Waals surface area contributed by atoms with E-state index in [1.54, 1.807) is 31.3 Å². The Morgan fingerprint density at radius 1 is 1.45 bits per heavy atom. The molecule has 1 fully saturated rings. The highest BCUT2D eigenvalue weighted by atomic mass is 32.2. The molecule has 0 spiro atoms. The summed E-state index contributed by atoms with van der Waals surface area (Å²) in [5, 5.41) is -0.513. The quantitative estimate of drug-likeness (QED) is 0.827. The van der Waals surface area contributed by atoms with E-state index in [-0.39, 0.29) is 17.7 Å². The molecule has 0 N–H and O–H groups in total. The summed E-state index contributed by atoms with van der Waals surface area (Å²) in [4.78, 5) is 17.8. The Morgan fingerprint density at radius 3 is 2.80 bits per heavy atom. The van der Waals surface area contributed by atoms with Gasteiger partial charge in [0.05, 0.1) is 17.6 Å². The lowest BCUT2D eigenvalue weighted by atomic mass is 10.1. The molecule has 1 atom stereocenters. The van der Waals surface area contributed by atoms with Gasteiger partial charge in [-0.1, -0.05) is 0 Å². The van der Waals surface area contributed by atoms with Gasteiger partial charge in [0, 0.05) is 25.5 Å². The first-order valence-corrected chi connectivity index (χ1v) is 8.58. The fraction of sp³-hybridized carbons (Fsp3) is 0.692. The molecule has 0 aromatic carbocycles. The molecular weight excluding hydrogens is 278 g/mol. The minimum atomic E-state index is -3.33. The van der Waals surface area contributed by atoms with Gasteiger partial charge in [0.2, 0.25) is 5.91 Å². The normalized spacial score (nSPS) is 20.4. The van der Waals surface area contributed by atoms with E-state index in [1.165, 1.54) is 0 Å². The van der Waals surface area contributed by atoms with Crippen LogP contribution in [0.4, 0.5) is 0 Å². The van der Waals surface area contributed by atoms with Crippen molar-refractivity contribution in [3.05, 3.63) is 18.7 Å². The van der Waals surface area contributed by atoms with Gasteiger partial charge < -0.3 is 9.47 Å². The van der Waals surface area contributed by atoms with Crippen LogP contribution in [0.25, 0.3) is 0 Å². The highest BCUT2D eigenvalue weighted by molar-refractivity contribution is 7.92. The van der Waals surface area contributed by atoms with Crippen molar-refractivity contribution in [3.63, 3.8) is 0 Å². The molecule has 0 aliphatic carbocycles. The molecule has 1 aromatic heterocycles. The average molecular weight is 299 g/mol. The molecule has 1 saturated heterocycles. The predicted molar refractivity (Wildman–Crippen MR) is 76.0 cm³/mol. The number of hydrogen-bond acceptors (Lipinski definition) is 4. The number of hydrogen-bond donors (Lipinski definition) is 0. The first-order valence-electron chi connectivity index (χ1n) is 6.87. The smallest absolute Gasteiger partial charge is 0.237 e. The van der Waals surface area contributed by atoms with Crippen molar-refractivity contribution < 1.29 is 13.2 Å². The lowest BCUT2D eigenvalue weighted by Gasteiger charge is -2.33. The largest absolute Gasteiger partial charge is 0.340 e. The molecule has 0 saturated carbocycles. The number of rotatable bonds is 4. The van der Waals surface area contributed by atoms with Gasteiger partial charge in [-0.2, -0.15) is 0 Å². The van der Waals surface area contributed by atoms with Gasteiger partial charge in [-0.15, -0.1) is 0 Å². The van der Waals surface area contributed by atoms with Gasteiger partial charge in [-0.05, 0) is 26.7 Å². The SMILES string of the molecule is CC(C)S(=O)(=O)CC(=O)N1CCCC(n2ccnc2)C1. The molecule has 1 unspecified atom stereocenters. The van der Waals surface area contributed by atoms with Crippen LogP contribution < -0.4 is 0 Å². The Hall–Kier alpha value is -1.37. The Kier molecular flexibility index (Phi) is 4.47. The number of amides is 1. The summed E-state index contributed by atoms with van der Waals surface area (Å²) in [7, 11) is -3.33. The Balaban J connectivity index is 2.00. The van der Waals surface area contributed by atoms with Crippen LogP contribution in [0.2, 0.25) is 0 Å². The lowest BCUT2D eigenvalue weighted by Crippen LogP contribution is -2.43. The molecule has 7 heteroatoms. The Labute approximate surface area is 119 Å². The zero-order chi connectivity index (χ0) is 14.8. The summed E-state index contributed by atoms with van der Waals surface area (Å²) in [6, 6.07) is 0.192. The van der Waals surface area contributed by atoms with E-state index in [9.17, 15) is 13.2 Å². The van der Waals surface area contributed by atoms with Crippen LogP contribution in [0.3, 0.4) is 0 Å². The van der Waals surface area contributed by atoms with E-state index in [4.69, 9.17) is 0 Å². The fourth-order valence-electron chi connectivity index (χ4n) is 2.34. The molecule has 1 aliphatic rings. The monoisotopic (exact) mass is 299 g/mol. The van der Waals surface area contributed by atoms with Crippen LogP contribution in [0.5, 0.6) is 0 Å². The molecule has 1 aliphatic heterocycles. The van der Waals surface area contributed by atoms with E-state index in [0.29, 0.717) is 13.1 Å². The Morgan fingerprint density at radius 2 is 2.20 bits per heavy atom. The van der Waals surface area contributed by atoms with Gasteiger partial charge in [0.25, 0.3) is 0 Å². The summed E-state index contributed by atoms with van der Waals surface area (Å²) in [6.07, 6.45) is 7.20. The minimum Gasteiger partial charge on any atom is -0.340 e. The molecule has 1 amide bonds. The molecule has 20 heavy (non-hydrogen) atoms. The van der Waals surface area contributed by atoms with Crippen molar-refractivity contribution in [2.45, 2.75) is 38.0 Å². The van der Waals surface area contributed by atoms with E-state index < -0.39 is 15.1 Å². The molecule has 1 aromatic rings. The molecular formula is C13H21N3O3S. The van der Waals surface area contributed by atoms with Crippen LogP contribution >= 0.6 is 0 Å². The summed E-state index contributed by atoms with van der Waals surface area (Å²) in [5.74, 6) is -0.676. The second-order valence-corrected chi connectivity index (χ2v) is 8.06. The first-order chi connectivity index (χ1) is 9.40. The van der Waals surface area contributed by atoms with Gasteiger partial charge in [-0.3, -0.25) is 4.79 Å². The number of carbonyl (C=O) groups is 1. The van der Waals surface area contributed by atoms with E-state index in [2.05, 4.69) is 4.98 Å². The minimum absolute atomic E-state index is 0.192. The fourth-order valence-corrected chi connectivity index (χ4v) is 3.20. The maximum atomic E-state index is 12.2. The molecule has 6 nitrogen and oxygen atoms in total. The topological polar surface area (TPSA) is 72.3 Å². The molecule has 0 bridgehead atoms. The summed E-state index contributed by atoms with van der Waals surface area (Å²) in [6.45, 7) is 4.40. The second kappa shape index (κ2) is 5.95. The summed E-state index contributed by atoms with van der Waals surface area (Å²) >= 11 is 0. The third-order valence-corrected chi connectivity index (χ3v) is 5.82. The van der Waals surface area contributed by atoms with Crippen molar-refractivity contribution in [2.24, 2.45) is 0 Å². The molecule has 2 heterocycles. The molecule has 112 valence electrons. The van der Waals surface area contributed by atoms with E-state index in [1.807, 2.05) is 10.8 Å². The second-order valence-electron chi connectivity index (χ2n) is 5.50. The van der Waals surface area contributed by atoms with Crippen LogP contribution in [0.1, 0.15) is 32.7 Å². The number of piperidine rings is 1. The van der Waals surface area contributed by atoms with Crippen molar-refractivity contribution in [1.82, 2.24) is 14.5 Å². The van der Waals surface area contributed by atoms with E-state index >= 15 is 0 Å². The van der Waals surface area contributed by atoms with Crippen molar-refractivity contribution >= 4 is 15.7 Å². The Bertz CT molecular complexity index is 551. The lowest BCUT2D eigenvalue weighted by molar-refractivity contribution is -0.130. The highest BCUT2D eigenvalue weighted by Gasteiger charge is 2.28. The third-order valence-electron chi connectivity index (χ3n) is 3.74. The number of likely N-dealkylation sites (tertiary alicyclic amines) is 1. The number of carbonyl (C=O) groups excluding carboxylic acids is 1. The zero-order valence-corrected chi connectivity index (χ0v) is 12.7. The van der Waals surface area contributed by atoms with Crippen LogP contribution in [0.15, 0.2) is 18.7 Å². The molecule has 2 rings (SSSR count). The number of aromatic nitrogens is 2. The summed E-state index contributed by atoms with van der Waals surface area (Å²) < 4.78 is 25.6. The average Bonchev–Trinajstić information content (AvgIpc) is 2.92. The highest BCUT2D eigenvalue weighted by Crippen LogP contribution is 2.21. The first kappa shape index (κ1) is 15.0. The maximum absolute atomic E-state index is 12.2. The van der Waals surface area contributed by atoms with Crippen LogP contribution in [0, 0.1) is 0 Å². The van der Waals surface area contributed by atoms with Crippen molar-refractivity contribution in [3.8, 4) is 0 Å². The standard InChI is InChI=1S/C13H21N3O3S/c1-11(2)20(18,19)9-13(17)15-6-3-4-12(8-15)16-7-5-14-10-16/h5,7,10-12H,3-4,6,8-9H2,1-2H3. The number of nitrogens with zero attached hydrogens (tertiary/aromatic N) is 3. The van der Waals surface area contributed by atoms with Crippen LogP contribution in [-0.2, 0) is 14.6 Å².